The van der Waals surface area contributed by atoms with E-state index < -0.39 is 5.60 Å². The molecular formula is C18H28FN3O2. The average Bonchev–Trinajstić information content (AvgIpc) is 3.00. The van der Waals surface area contributed by atoms with Crippen LogP contribution in [0.3, 0.4) is 0 Å². The molecule has 6 heteroatoms. The molecule has 0 saturated heterocycles. The van der Waals surface area contributed by atoms with Crippen molar-refractivity contribution in [3.63, 3.8) is 0 Å². The molecule has 1 aromatic rings. The highest BCUT2D eigenvalue weighted by Gasteiger charge is 2.30. The van der Waals surface area contributed by atoms with E-state index in [4.69, 9.17) is 4.74 Å². The summed E-state index contributed by atoms with van der Waals surface area (Å²) in [5.41, 5.74) is -0.662. The fraction of sp³-hybridized carbons (Fsp3) is 0.611. The Kier molecular flexibility index (Phi) is 6.85. The predicted molar refractivity (Wildman–Crippen MR) is 93.9 cm³/mol. The van der Waals surface area contributed by atoms with E-state index in [0.29, 0.717) is 19.7 Å². The van der Waals surface area contributed by atoms with Gasteiger partial charge in [-0.2, -0.15) is 0 Å². The number of halogens is 1. The molecule has 0 atom stereocenters. The van der Waals surface area contributed by atoms with Gasteiger partial charge in [0.15, 0.2) is 17.5 Å². The number of benzene rings is 1. The molecule has 0 aromatic heterocycles. The van der Waals surface area contributed by atoms with Gasteiger partial charge in [0.05, 0.1) is 18.7 Å². The molecule has 0 aliphatic heterocycles. The highest BCUT2D eigenvalue weighted by molar-refractivity contribution is 5.79. The number of likely N-dealkylation sites (N-methyl/N-ethyl adjacent to an activating group) is 1. The molecule has 1 fully saturated rings. The molecule has 24 heavy (non-hydrogen) atoms. The lowest BCUT2D eigenvalue weighted by molar-refractivity contribution is 0.0572. The minimum absolute atomic E-state index is 0.258. The molecule has 1 aromatic carbocycles. The molecular weight excluding hydrogens is 309 g/mol. The van der Waals surface area contributed by atoms with Crippen molar-refractivity contribution in [2.45, 2.75) is 38.2 Å². The van der Waals surface area contributed by atoms with Gasteiger partial charge in [-0.05, 0) is 31.9 Å². The Morgan fingerprint density at radius 3 is 2.75 bits per heavy atom. The molecule has 0 radical (unpaired) electrons. The van der Waals surface area contributed by atoms with Crippen LogP contribution in [0, 0.1) is 5.82 Å². The van der Waals surface area contributed by atoms with Crippen LogP contribution in [0.25, 0.3) is 0 Å². The van der Waals surface area contributed by atoms with Crippen LogP contribution >= 0.6 is 0 Å². The number of ether oxygens (including phenoxy) is 1. The minimum atomic E-state index is -0.662. The number of nitrogens with one attached hydrogen (secondary N) is 1. The lowest BCUT2D eigenvalue weighted by Crippen LogP contribution is -2.42. The number of nitrogens with zero attached hydrogens (tertiary/aromatic N) is 2. The van der Waals surface area contributed by atoms with Gasteiger partial charge in [-0.15, -0.1) is 0 Å². The van der Waals surface area contributed by atoms with Crippen LogP contribution in [0.4, 0.5) is 4.39 Å². The lowest BCUT2D eigenvalue weighted by atomic mass is 10.0. The van der Waals surface area contributed by atoms with E-state index in [2.05, 4.69) is 10.3 Å². The first-order chi connectivity index (χ1) is 11.5. The topological polar surface area (TPSA) is 57.1 Å². The van der Waals surface area contributed by atoms with Crippen LogP contribution < -0.4 is 10.1 Å². The van der Waals surface area contributed by atoms with Crippen LogP contribution in [0.2, 0.25) is 0 Å². The summed E-state index contributed by atoms with van der Waals surface area (Å²) >= 11 is 0. The zero-order valence-electron chi connectivity index (χ0n) is 14.6. The van der Waals surface area contributed by atoms with Crippen molar-refractivity contribution in [2.24, 2.45) is 4.99 Å². The summed E-state index contributed by atoms with van der Waals surface area (Å²) in [6.45, 7) is 4.08. The van der Waals surface area contributed by atoms with Crippen LogP contribution in [0.1, 0.15) is 32.6 Å². The number of rotatable bonds is 7. The summed E-state index contributed by atoms with van der Waals surface area (Å²) in [6, 6.07) is 6.38. The largest absolute Gasteiger partial charge is 0.489 e. The molecule has 2 N–H and O–H groups in total. The van der Waals surface area contributed by atoms with Gasteiger partial charge in [0.1, 0.15) is 6.61 Å². The maximum atomic E-state index is 13.5. The number of hydrogen-bond acceptors (Lipinski definition) is 3. The molecule has 0 amide bonds. The molecule has 1 saturated carbocycles. The van der Waals surface area contributed by atoms with Crippen LogP contribution in [-0.2, 0) is 0 Å². The second kappa shape index (κ2) is 8.87. The van der Waals surface area contributed by atoms with E-state index in [1.807, 2.05) is 18.9 Å². The maximum Gasteiger partial charge on any atom is 0.193 e. The fourth-order valence-corrected chi connectivity index (χ4v) is 2.84. The first-order valence-electron chi connectivity index (χ1n) is 8.63. The summed E-state index contributed by atoms with van der Waals surface area (Å²) in [7, 11) is 1.91. The van der Waals surface area contributed by atoms with Crippen molar-refractivity contribution < 1.29 is 14.2 Å². The Labute approximate surface area is 143 Å². The van der Waals surface area contributed by atoms with Gasteiger partial charge in [0, 0.05) is 13.6 Å². The number of aliphatic imine (C=N–C) groups is 1. The van der Waals surface area contributed by atoms with E-state index in [9.17, 15) is 9.50 Å². The summed E-state index contributed by atoms with van der Waals surface area (Å²) < 4.78 is 19.0. The zero-order chi connectivity index (χ0) is 17.4. The summed E-state index contributed by atoms with van der Waals surface area (Å²) in [4.78, 5) is 6.50. The highest BCUT2D eigenvalue weighted by Crippen LogP contribution is 2.29. The molecule has 1 aliphatic carbocycles. The first kappa shape index (κ1) is 18.5. The minimum Gasteiger partial charge on any atom is -0.489 e. The Hall–Kier alpha value is -1.82. The van der Waals surface area contributed by atoms with Crippen molar-refractivity contribution >= 4 is 5.96 Å². The third-order valence-corrected chi connectivity index (χ3v) is 4.27. The molecule has 5 nitrogen and oxygen atoms in total. The van der Waals surface area contributed by atoms with Gasteiger partial charge < -0.3 is 20.1 Å². The predicted octanol–water partition coefficient (Wildman–Crippen LogP) is 2.41. The number of aliphatic hydroxyl groups is 1. The van der Waals surface area contributed by atoms with E-state index in [1.165, 1.54) is 6.07 Å². The molecule has 2 rings (SSSR count). The Morgan fingerprint density at radius 1 is 1.38 bits per heavy atom. The van der Waals surface area contributed by atoms with Crippen molar-refractivity contribution in [3.8, 4) is 5.75 Å². The van der Waals surface area contributed by atoms with E-state index in [-0.39, 0.29) is 11.6 Å². The molecule has 0 spiro atoms. The average molecular weight is 337 g/mol. The van der Waals surface area contributed by atoms with Gasteiger partial charge >= 0.3 is 0 Å². The smallest absolute Gasteiger partial charge is 0.193 e. The lowest BCUT2D eigenvalue weighted by Gasteiger charge is -2.25. The van der Waals surface area contributed by atoms with Gasteiger partial charge in [0.25, 0.3) is 0 Å². The molecule has 1 aliphatic rings. The molecule has 0 bridgehead atoms. The van der Waals surface area contributed by atoms with Crippen molar-refractivity contribution in [1.82, 2.24) is 10.2 Å². The SMILES string of the molecule is CCNC(=NCC1(O)CCCC1)N(C)CCOc1ccccc1F. The molecule has 0 unspecified atom stereocenters. The number of para-hydroxylation sites is 1. The van der Waals surface area contributed by atoms with Gasteiger partial charge in [-0.25, -0.2) is 4.39 Å². The van der Waals surface area contributed by atoms with E-state index in [0.717, 1.165) is 38.2 Å². The van der Waals surface area contributed by atoms with Crippen molar-refractivity contribution in [2.75, 3.05) is 33.3 Å². The Morgan fingerprint density at radius 2 is 2.08 bits per heavy atom. The summed E-state index contributed by atoms with van der Waals surface area (Å²) in [5, 5.41) is 13.6. The quantitative estimate of drug-likeness (QED) is 0.593. The molecule has 134 valence electrons. The fourth-order valence-electron chi connectivity index (χ4n) is 2.84. The second-order valence-electron chi connectivity index (χ2n) is 6.30. The monoisotopic (exact) mass is 337 g/mol. The van der Waals surface area contributed by atoms with E-state index >= 15 is 0 Å². The van der Waals surface area contributed by atoms with E-state index in [1.54, 1.807) is 18.2 Å². The van der Waals surface area contributed by atoms with Crippen molar-refractivity contribution in [3.05, 3.63) is 30.1 Å². The standard InChI is InChI=1S/C18H28FN3O2/c1-3-20-17(21-14-18(23)10-6-7-11-18)22(2)12-13-24-16-9-5-4-8-15(16)19/h4-5,8-9,23H,3,6-7,10-14H2,1-2H3,(H,20,21). The first-order valence-corrected chi connectivity index (χ1v) is 8.63. The maximum absolute atomic E-state index is 13.5. The second-order valence-corrected chi connectivity index (χ2v) is 6.30. The Bertz CT molecular complexity index is 545. The van der Waals surface area contributed by atoms with Gasteiger partial charge in [0.2, 0.25) is 0 Å². The normalized spacial score (nSPS) is 16.9. The third kappa shape index (κ3) is 5.37. The Balaban J connectivity index is 1.86. The van der Waals surface area contributed by atoms with Crippen molar-refractivity contribution in [1.29, 1.82) is 0 Å². The molecule has 0 heterocycles. The van der Waals surface area contributed by atoms with Crippen LogP contribution in [0.15, 0.2) is 29.3 Å². The third-order valence-electron chi connectivity index (χ3n) is 4.27. The van der Waals surface area contributed by atoms with Crippen LogP contribution in [0.5, 0.6) is 5.75 Å². The van der Waals surface area contributed by atoms with Crippen LogP contribution in [-0.4, -0.2) is 54.9 Å². The summed E-state index contributed by atoms with van der Waals surface area (Å²) in [5.74, 6) is 0.632. The van der Waals surface area contributed by atoms with Gasteiger partial charge in [-0.1, -0.05) is 25.0 Å². The highest BCUT2D eigenvalue weighted by atomic mass is 19.1. The number of hydrogen-bond donors (Lipinski definition) is 2. The number of guanidine groups is 1. The zero-order valence-corrected chi connectivity index (χ0v) is 14.6. The van der Waals surface area contributed by atoms with Gasteiger partial charge in [-0.3, -0.25) is 4.99 Å². The summed E-state index contributed by atoms with van der Waals surface area (Å²) in [6.07, 6.45) is 3.76.